The molecule has 0 aliphatic carbocycles. The SMILES string of the molecule is COc1ccc(CCN=C(N)NCCc2ccc(OC)c(OC)c2)cc1.I. The molecule has 148 valence electrons. The van der Waals surface area contributed by atoms with Crippen LogP contribution in [-0.2, 0) is 12.8 Å². The number of hydrogen-bond donors (Lipinski definition) is 2. The van der Waals surface area contributed by atoms with Crippen molar-refractivity contribution in [2.24, 2.45) is 10.7 Å². The largest absolute Gasteiger partial charge is 0.497 e. The van der Waals surface area contributed by atoms with Gasteiger partial charge in [-0.15, -0.1) is 24.0 Å². The van der Waals surface area contributed by atoms with Crippen LogP contribution in [0, 0.1) is 0 Å². The predicted octanol–water partition coefficient (Wildman–Crippen LogP) is 3.02. The molecule has 0 fully saturated rings. The van der Waals surface area contributed by atoms with Gasteiger partial charge in [0.1, 0.15) is 5.75 Å². The number of methoxy groups -OCH3 is 3. The van der Waals surface area contributed by atoms with Crippen LogP contribution in [0.1, 0.15) is 11.1 Å². The van der Waals surface area contributed by atoms with E-state index >= 15 is 0 Å². The molecule has 6 nitrogen and oxygen atoms in total. The summed E-state index contributed by atoms with van der Waals surface area (Å²) in [7, 11) is 4.92. The average Bonchev–Trinajstić information content (AvgIpc) is 2.68. The van der Waals surface area contributed by atoms with Crippen LogP contribution in [0.3, 0.4) is 0 Å². The number of nitrogens with one attached hydrogen (secondary N) is 1. The molecule has 0 aliphatic rings. The molecule has 27 heavy (non-hydrogen) atoms. The fourth-order valence-electron chi connectivity index (χ4n) is 2.52. The Balaban J connectivity index is 0.00000364. The van der Waals surface area contributed by atoms with Gasteiger partial charge in [-0.2, -0.15) is 0 Å². The minimum atomic E-state index is 0. The molecule has 2 rings (SSSR count). The second kappa shape index (κ2) is 12.3. The number of nitrogens with zero attached hydrogens (tertiary/aromatic N) is 1. The molecule has 0 aromatic heterocycles. The Bertz CT molecular complexity index is 721. The van der Waals surface area contributed by atoms with Gasteiger partial charge in [-0.3, -0.25) is 4.99 Å². The van der Waals surface area contributed by atoms with E-state index in [1.165, 1.54) is 5.56 Å². The van der Waals surface area contributed by atoms with Crippen LogP contribution in [0.15, 0.2) is 47.5 Å². The molecule has 3 N–H and O–H groups in total. The van der Waals surface area contributed by atoms with E-state index in [1.54, 1.807) is 21.3 Å². The summed E-state index contributed by atoms with van der Waals surface area (Å²) < 4.78 is 15.7. The van der Waals surface area contributed by atoms with Gasteiger partial charge in [0.15, 0.2) is 17.5 Å². The molecular weight excluding hydrogens is 457 g/mol. The van der Waals surface area contributed by atoms with Gasteiger partial charge in [0, 0.05) is 13.1 Å². The van der Waals surface area contributed by atoms with Gasteiger partial charge in [-0.05, 0) is 48.2 Å². The maximum atomic E-state index is 5.92. The van der Waals surface area contributed by atoms with E-state index in [-0.39, 0.29) is 24.0 Å². The van der Waals surface area contributed by atoms with E-state index in [2.05, 4.69) is 10.3 Å². The Hall–Kier alpha value is -2.16. The number of hydrogen-bond acceptors (Lipinski definition) is 4. The lowest BCUT2D eigenvalue weighted by molar-refractivity contribution is 0.354. The summed E-state index contributed by atoms with van der Waals surface area (Å²) in [5.74, 6) is 2.77. The summed E-state index contributed by atoms with van der Waals surface area (Å²) in [5.41, 5.74) is 8.27. The van der Waals surface area contributed by atoms with Gasteiger partial charge in [-0.1, -0.05) is 18.2 Å². The van der Waals surface area contributed by atoms with E-state index in [1.807, 2.05) is 42.5 Å². The molecule has 0 aliphatic heterocycles. The topological polar surface area (TPSA) is 78.1 Å². The third-order valence-corrected chi connectivity index (χ3v) is 4.01. The van der Waals surface area contributed by atoms with Crippen molar-refractivity contribution in [3.05, 3.63) is 53.6 Å². The van der Waals surface area contributed by atoms with Crippen molar-refractivity contribution in [1.29, 1.82) is 0 Å². The van der Waals surface area contributed by atoms with Crippen molar-refractivity contribution < 1.29 is 14.2 Å². The summed E-state index contributed by atoms with van der Waals surface area (Å²) in [6.45, 7) is 1.34. The molecule has 0 heterocycles. The molecule has 0 radical (unpaired) electrons. The molecule has 2 aromatic rings. The third kappa shape index (κ3) is 7.54. The Kier molecular flexibility index (Phi) is 10.4. The van der Waals surface area contributed by atoms with Crippen LogP contribution in [-0.4, -0.2) is 40.4 Å². The molecule has 0 atom stereocenters. The van der Waals surface area contributed by atoms with Crippen molar-refractivity contribution in [3.63, 3.8) is 0 Å². The number of rotatable bonds is 9. The second-order valence-corrected chi connectivity index (χ2v) is 5.73. The third-order valence-electron chi connectivity index (χ3n) is 4.01. The maximum absolute atomic E-state index is 5.92. The zero-order valence-electron chi connectivity index (χ0n) is 16.0. The normalized spacial score (nSPS) is 10.7. The maximum Gasteiger partial charge on any atom is 0.188 e. The highest BCUT2D eigenvalue weighted by Gasteiger charge is 2.04. The quantitative estimate of drug-likeness (QED) is 0.325. The Morgan fingerprint density at radius 3 is 2.19 bits per heavy atom. The van der Waals surface area contributed by atoms with Gasteiger partial charge >= 0.3 is 0 Å². The highest BCUT2D eigenvalue weighted by Crippen LogP contribution is 2.27. The Labute approximate surface area is 178 Å². The van der Waals surface area contributed by atoms with Crippen molar-refractivity contribution in [1.82, 2.24) is 5.32 Å². The molecule has 0 bridgehead atoms. The highest BCUT2D eigenvalue weighted by molar-refractivity contribution is 14.0. The molecule has 0 saturated carbocycles. The van der Waals surface area contributed by atoms with Crippen LogP contribution in [0.25, 0.3) is 0 Å². The number of nitrogens with two attached hydrogens (primary N) is 1. The summed E-state index contributed by atoms with van der Waals surface area (Å²) in [6.07, 6.45) is 1.65. The Morgan fingerprint density at radius 2 is 1.56 bits per heavy atom. The molecule has 0 saturated heterocycles. The van der Waals surface area contributed by atoms with Crippen molar-refractivity contribution >= 4 is 29.9 Å². The van der Waals surface area contributed by atoms with Crippen molar-refractivity contribution in [3.8, 4) is 17.2 Å². The number of guanidine groups is 1. The van der Waals surface area contributed by atoms with Crippen LogP contribution >= 0.6 is 24.0 Å². The smallest absolute Gasteiger partial charge is 0.188 e. The fourth-order valence-corrected chi connectivity index (χ4v) is 2.52. The van der Waals surface area contributed by atoms with Gasteiger partial charge in [-0.25, -0.2) is 0 Å². The lowest BCUT2D eigenvalue weighted by Crippen LogP contribution is -2.33. The lowest BCUT2D eigenvalue weighted by atomic mass is 10.1. The Morgan fingerprint density at radius 1 is 0.889 bits per heavy atom. The first kappa shape index (κ1) is 22.9. The van der Waals surface area contributed by atoms with E-state index < -0.39 is 0 Å². The highest BCUT2D eigenvalue weighted by atomic mass is 127. The van der Waals surface area contributed by atoms with E-state index in [4.69, 9.17) is 19.9 Å². The van der Waals surface area contributed by atoms with Crippen LogP contribution in [0.5, 0.6) is 17.2 Å². The van der Waals surface area contributed by atoms with Crippen LogP contribution in [0.2, 0.25) is 0 Å². The molecular formula is C20H28IN3O3. The number of ether oxygens (including phenoxy) is 3. The van der Waals surface area contributed by atoms with Crippen LogP contribution < -0.4 is 25.3 Å². The van der Waals surface area contributed by atoms with Gasteiger partial charge in [0.05, 0.1) is 21.3 Å². The second-order valence-electron chi connectivity index (χ2n) is 5.73. The first-order valence-corrected chi connectivity index (χ1v) is 8.54. The summed E-state index contributed by atoms with van der Waals surface area (Å²) in [5, 5.41) is 3.14. The number of benzene rings is 2. The van der Waals surface area contributed by atoms with Crippen molar-refractivity contribution in [2.75, 3.05) is 34.4 Å². The molecule has 2 aromatic carbocycles. The zero-order chi connectivity index (χ0) is 18.8. The molecule has 0 unspecified atom stereocenters. The first-order chi connectivity index (χ1) is 12.7. The number of aliphatic imine (C=N–C) groups is 1. The van der Waals surface area contributed by atoms with Crippen molar-refractivity contribution in [2.45, 2.75) is 12.8 Å². The summed E-state index contributed by atoms with van der Waals surface area (Å²) in [6, 6.07) is 13.9. The minimum absolute atomic E-state index is 0. The van der Waals surface area contributed by atoms with Gasteiger partial charge in [0.25, 0.3) is 0 Å². The average molecular weight is 485 g/mol. The van der Waals surface area contributed by atoms with Crippen LogP contribution in [0.4, 0.5) is 0 Å². The standard InChI is InChI=1S/C20H27N3O3.HI/c1-24-17-7-4-15(5-8-17)10-12-22-20(21)23-13-11-16-6-9-18(25-2)19(14-16)26-3;/h4-9,14H,10-13H2,1-3H3,(H3,21,22,23);1H. The first-order valence-electron chi connectivity index (χ1n) is 8.54. The van der Waals surface area contributed by atoms with E-state index in [0.29, 0.717) is 19.0 Å². The van der Waals surface area contributed by atoms with E-state index in [0.717, 1.165) is 35.7 Å². The van der Waals surface area contributed by atoms with E-state index in [9.17, 15) is 0 Å². The lowest BCUT2D eigenvalue weighted by Gasteiger charge is -2.10. The molecule has 7 heteroatoms. The minimum Gasteiger partial charge on any atom is -0.497 e. The number of halogens is 1. The summed E-state index contributed by atoms with van der Waals surface area (Å²) in [4.78, 5) is 4.36. The monoisotopic (exact) mass is 485 g/mol. The van der Waals surface area contributed by atoms with Gasteiger partial charge in [0.2, 0.25) is 0 Å². The molecule has 0 spiro atoms. The fraction of sp³-hybridized carbons (Fsp3) is 0.350. The van der Waals surface area contributed by atoms with Gasteiger partial charge < -0.3 is 25.3 Å². The zero-order valence-corrected chi connectivity index (χ0v) is 18.4. The molecule has 0 amide bonds. The summed E-state index contributed by atoms with van der Waals surface area (Å²) >= 11 is 0. The predicted molar refractivity (Wildman–Crippen MR) is 120 cm³/mol.